The molecule has 0 aromatic rings. The Bertz CT molecular complexity index is 266. The molecule has 0 aromatic carbocycles. The molecular weight excluding hydrogens is 466 g/mol. The Hall–Kier alpha value is 0.730. The van der Waals surface area contributed by atoms with Gasteiger partial charge in [-0.3, -0.25) is 0 Å². The molecule has 0 fully saturated rings. The van der Waals surface area contributed by atoms with Crippen LogP contribution in [0.4, 0.5) is 0 Å². The van der Waals surface area contributed by atoms with Crippen molar-refractivity contribution in [2.24, 2.45) is 0 Å². The van der Waals surface area contributed by atoms with Crippen molar-refractivity contribution in [3.05, 3.63) is 0 Å². The van der Waals surface area contributed by atoms with Crippen molar-refractivity contribution in [2.45, 2.75) is 156 Å². The molecule has 0 spiro atoms. The third-order valence-corrected chi connectivity index (χ3v) is 6.90. The van der Waals surface area contributed by atoms with Gasteiger partial charge in [-0.05, 0) is 38.5 Å². The lowest BCUT2D eigenvalue weighted by Crippen LogP contribution is -2.46. The lowest BCUT2D eigenvalue weighted by atomic mass is 10.1. The van der Waals surface area contributed by atoms with Crippen LogP contribution in [-0.4, -0.2) is 31.2 Å². The van der Waals surface area contributed by atoms with Crippen molar-refractivity contribution >= 4 is 29.4 Å². The Labute approximate surface area is 215 Å². The zero-order valence-corrected chi connectivity index (χ0v) is 24.8. The van der Waals surface area contributed by atoms with Crippen LogP contribution in [0.5, 0.6) is 0 Å². The largest absolute Gasteiger partial charge is 0.326 e. The zero-order chi connectivity index (χ0) is 21.5. The Morgan fingerprint density at radius 3 is 0.774 bits per heavy atom. The van der Waals surface area contributed by atoms with Gasteiger partial charge in [-0.15, -0.1) is 29.4 Å². The van der Waals surface area contributed by atoms with Gasteiger partial charge in [0, 0.05) is 0 Å². The van der Waals surface area contributed by atoms with E-state index >= 15 is 0 Å². The Balaban J connectivity index is -0.00000392. The van der Waals surface area contributed by atoms with Crippen molar-refractivity contribution in [2.75, 3.05) is 26.7 Å². The van der Waals surface area contributed by atoms with Crippen molar-refractivity contribution < 1.29 is 4.48 Å². The normalized spacial score (nSPS) is 11.2. The molecule has 0 heterocycles. The maximum absolute atomic E-state index is 2.57. The van der Waals surface area contributed by atoms with E-state index in [1.54, 1.807) is 0 Å². The monoisotopic (exact) mass is 526 g/mol. The third kappa shape index (κ3) is 26.9. The molecule has 31 heavy (non-hydrogen) atoms. The third-order valence-electron chi connectivity index (χ3n) is 6.90. The van der Waals surface area contributed by atoms with Gasteiger partial charge >= 0.3 is 0 Å². The van der Waals surface area contributed by atoms with E-state index < -0.39 is 0 Å². The smallest absolute Gasteiger partial charge is 0.0784 e. The molecule has 0 unspecified atom stereocenters. The summed E-state index contributed by atoms with van der Waals surface area (Å²) in [5.41, 5.74) is 0. The lowest BCUT2D eigenvalue weighted by Gasteiger charge is -2.35. The van der Waals surface area contributed by atoms with Crippen LogP contribution in [0.15, 0.2) is 0 Å². The highest BCUT2D eigenvalue weighted by Crippen LogP contribution is 2.16. The van der Waals surface area contributed by atoms with Crippen LogP contribution in [-0.2, 0) is 0 Å². The van der Waals surface area contributed by atoms with Gasteiger partial charge in [0.2, 0.25) is 0 Å². The fourth-order valence-electron chi connectivity index (χ4n) is 4.69. The van der Waals surface area contributed by atoms with E-state index in [4.69, 9.17) is 0 Å². The molecule has 3 heteroatoms. The minimum atomic E-state index is 0. The second-order valence-electron chi connectivity index (χ2n) is 10.2. The highest BCUT2D eigenvalue weighted by atomic mass is 79.9. The molecule has 0 atom stereocenters. The number of halogens is 2. The van der Waals surface area contributed by atoms with Crippen LogP contribution in [0.3, 0.4) is 0 Å². The summed E-state index contributed by atoms with van der Waals surface area (Å²) in [7, 11) is 2.57. The molecule has 192 valence electrons. The number of rotatable bonds is 24. The van der Waals surface area contributed by atoms with Crippen molar-refractivity contribution in [1.82, 2.24) is 0 Å². The van der Waals surface area contributed by atoms with Crippen molar-refractivity contribution in [3.8, 4) is 0 Å². The predicted molar refractivity (Wildman–Crippen MR) is 152 cm³/mol. The van der Waals surface area contributed by atoms with Crippen LogP contribution in [0.1, 0.15) is 156 Å². The van der Waals surface area contributed by atoms with Crippen LogP contribution in [0.2, 0.25) is 0 Å². The number of quaternary nitrogens is 1. The lowest BCUT2D eigenvalue weighted by molar-refractivity contribution is -0.910. The first-order chi connectivity index (χ1) is 14.2. The van der Waals surface area contributed by atoms with Crippen molar-refractivity contribution in [3.63, 3.8) is 0 Å². The van der Waals surface area contributed by atoms with Gasteiger partial charge in [-0.25, -0.2) is 0 Å². The van der Waals surface area contributed by atoms with Crippen molar-refractivity contribution in [1.29, 1.82) is 0 Å². The van der Waals surface area contributed by atoms with E-state index in [1.807, 2.05) is 0 Å². The van der Waals surface area contributed by atoms with E-state index in [0.29, 0.717) is 0 Å². The van der Waals surface area contributed by atoms with Gasteiger partial charge in [0.05, 0.1) is 26.7 Å². The zero-order valence-electron chi connectivity index (χ0n) is 22.2. The van der Waals surface area contributed by atoms with Gasteiger partial charge in [0.1, 0.15) is 0 Å². The standard InChI is InChI=1S/C28H60N.BrH.ClH/c1-5-8-11-14-17-20-23-26-29(4,27-24-21-18-15-12-9-6-2)28-25-22-19-16-13-10-7-3;;/h5-28H2,1-4H3;2*1H/q+1;;. The maximum atomic E-state index is 2.57. The molecule has 0 rings (SSSR count). The summed E-state index contributed by atoms with van der Waals surface area (Å²) >= 11 is 0. The van der Waals surface area contributed by atoms with E-state index in [2.05, 4.69) is 27.8 Å². The quantitative estimate of drug-likeness (QED) is 0.0864. The first-order valence-electron chi connectivity index (χ1n) is 14.0. The van der Waals surface area contributed by atoms with Gasteiger partial charge in [0.15, 0.2) is 0 Å². The van der Waals surface area contributed by atoms with Crippen LogP contribution < -0.4 is 0 Å². The SMILES string of the molecule is Br.CCCCCCCCC[N+](C)(CCCCCCCCC)CCCCCCCCC.Cl. The Morgan fingerprint density at radius 1 is 0.355 bits per heavy atom. The van der Waals surface area contributed by atoms with E-state index in [9.17, 15) is 0 Å². The summed E-state index contributed by atoms with van der Waals surface area (Å²) in [6, 6.07) is 0. The van der Waals surface area contributed by atoms with E-state index in [0.717, 1.165) is 0 Å². The fourth-order valence-corrected chi connectivity index (χ4v) is 4.69. The molecule has 0 aliphatic rings. The summed E-state index contributed by atoms with van der Waals surface area (Å²) in [6.07, 6.45) is 30.3. The molecule has 0 saturated heterocycles. The van der Waals surface area contributed by atoms with E-state index in [-0.39, 0.29) is 29.4 Å². The van der Waals surface area contributed by atoms with Gasteiger partial charge in [-0.1, -0.05) is 117 Å². The molecule has 0 bridgehead atoms. The second kappa shape index (κ2) is 28.8. The van der Waals surface area contributed by atoms with Crippen LogP contribution >= 0.6 is 29.4 Å². The van der Waals surface area contributed by atoms with Gasteiger partial charge < -0.3 is 4.48 Å². The molecule has 0 N–H and O–H groups in total. The second-order valence-corrected chi connectivity index (χ2v) is 10.2. The molecule has 0 saturated carbocycles. The fraction of sp³-hybridized carbons (Fsp3) is 1.00. The summed E-state index contributed by atoms with van der Waals surface area (Å²) in [4.78, 5) is 0. The Kier molecular flexibility index (Phi) is 33.7. The molecule has 0 aliphatic heterocycles. The number of hydrogen-bond donors (Lipinski definition) is 0. The summed E-state index contributed by atoms with van der Waals surface area (Å²) in [5.74, 6) is 0. The first kappa shape index (κ1) is 36.3. The Morgan fingerprint density at radius 2 is 0.548 bits per heavy atom. The van der Waals surface area contributed by atoms with Crippen LogP contribution in [0.25, 0.3) is 0 Å². The van der Waals surface area contributed by atoms with Crippen LogP contribution in [0, 0.1) is 0 Å². The molecule has 0 radical (unpaired) electrons. The summed E-state index contributed by atoms with van der Waals surface area (Å²) in [6.45, 7) is 11.2. The maximum Gasteiger partial charge on any atom is 0.0784 e. The molecule has 0 aromatic heterocycles. The number of unbranched alkanes of at least 4 members (excludes halogenated alkanes) is 18. The number of nitrogens with zero attached hydrogens (tertiary/aromatic N) is 1. The predicted octanol–water partition coefficient (Wildman–Crippen LogP) is 10.7. The number of hydrogen-bond acceptors (Lipinski definition) is 0. The highest BCUT2D eigenvalue weighted by Gasteiger charge is 2.20. The molecule has 0 amide bonds. The molecular formula is C28H62BrClN+. The molecule has 0 aliphatic carbocycles. The average Bonchev–Trinajstić information content (AvgIpc) is 2.72. The van der Waals surface area contributed by atoms with Gasteiger partial charge in [-0.2, -0.15) is 0 Å². The summed E-state index contributed by atoms with van der Waals surface area (Å²) < 4.78 is 1.36. The first-order valence-corrected chi connectivity index (χ1v) is 14.0. The summed E-state index contributed by atoms with van der Waals surface area (Å²) in [5, 5.41) is 0. The minimum Gasteiger partial charge on any atom is -0.326 e. The minimum absolute atomic E-state index is 0. The molecule has 1 nitrogen and oxygen atoms in total. The van der Waals surface area contributed by atoms with E-state index in [1.165, 1.54) is 159 Å². The topological polar surface area (TPSA) is 0 Å². The van der Waals surface area contributed by atoms with Gasteiger partial charge in [0.25, 0.3) is 0 Å². The average molecular weight is 528 g/mol. The highest BCUT2D eigenvalue weighted by molar-refractivity contribution is 8.93.